The maximum atomic E-state index is 11.8. The zero-order chi connectivity index (χ0) is 11.8. The van der Waals surface area contributed by atoms with Gasteiger partial charge in [-0.15, -0.1) is 0 Å². The molecule has 4 heteroatoms. The lowest BCUT2D eigenvalue weighted by Gasteiger charge is -2.03. The minimum Gasteiger partial charge on any atom is -0.380 e. The van der Waals surface area contributed by atoms with Crippen molar-refractivity contribution in [2.24, 2.45) is 0 Å². The zero-order valence-electron chi connectivity index (χ0n) is 9.31. The number of nitrogens with zero attached hydrogens (tertiary/aromatic N) is 1. The highest BCUT2D eigenvalue weighted by atomic mass is 32.2. The standard InChI is InChI=1S/C12H15NO2S/c1-15-10-11-4-6-12(7-5-11)16(14)9-3-2-8-13/h4-7H,2-3,9-10H2,1H3/t16-/m1/s1. The van der Waals surface area contributed by atoms with Crippen molar-refractivity contribution in [2.75, 3.05) is 12.9 Å². The van der Waals surface area contributed by atoms with Crippen molar-refractivity contribution in [1.29, 1.82) is 5.26 Å². The molecule has 0 heterocycles. The van der Waals surface area contributed by atoms with Crippen LogP contribution in [-0.2, 0) is 22.1 Å². The van der Waals surface area contributed by atoms with E-state index in [9.17, 15) is 4.21 Å². The monoisotopic (exact) mass is 237 g/mol. The number of nitriles is 1. The van der Waals surface area contributed by atoms with E-state index in [1.54, 1.807) is 7.11 Å². The van der Waals surface area contributed by atoms with E-state index in [1.165, 1.54) is 0 Å². The minimum absolute atomic E-state index is 0.466. The van der Waals surface area contributed by atoms with E-state index >= 15 is 0 Å². The summed E-state index contributed by atoms with van der Waals surface area (Å²) >= 11 is 0. The molecule has 1 aromatic carbocycles. The summed E-state index contributed by atoms with van der Waals surface area (Å²) in [7, 11) is 0.658. The molecule has 0 spiro atoms. The van der Waals surface area contributed by atoms with Crippen molar-refractivity contribution in [3.63, 3.8) is 0 Å². The van der Waals surface area contributed by atoms with Crippen LogP contribution in [0.4, 0.5) is 0 Å². The highest BCUT2D eigenvalue weighted by Crippen LogP contribution is 2.11. The lowest BCUT2D eigenvalue weighted by Crippen LogP contribution is -1.98. The molecule has 1 rings (SSSR count). The van der Waals surface area contributed by atoms with Crippen LogP contribution in [0.2, 0.25) is 0 Å². The zero-order valence-corrected chi connectivity index (χ0v) is 10.1. The predicted molar refractivity (Wildman–Crippen MR) is 63.3 cm³/mol. The maximum absolute atomic E-state index is 11.8. The molecule has 16 heavy (non-hydrogen) atoms. The molecule has 1 atom stereocenters. The molecule has 0 fully saturated rings. The molecule has 0 unspecified atom stereocenters. The molecular formula is C12H15NO2S. The highest BCUT2D eigenvalue weighted by molar-refractivity contribution is 7.85. The Morgan fingerprint density at radius 2 is 2.06 bits per heavy atom. The second-order valence-electron chi connectivity index (χ2n) is 3.39. The Balaban J connectivity index is 2.53. The van der Waals surface area contributed by atoms with Crippen LogP contribution in [-0.4, -0.2) is 17.1 Å². The van der Waals surface area contributed by atoms with E-state index < -0.39 is 10.8 Å². The van der Waals surface area contributed by atoms with E-state index in [4.69, 9.17) is 10.00 Å². The number of ether oxygens (including phenoxy) is 1. The lowest BCUT2D eigenvalue weighted by atomic mass is 10.2. The molecule has 0 N–H and O–H groups in total. The van der Waals surface area contributed by atoms with Gasteiger partial charge >= 0.3 is 0 Å². The smallest absolute Gasteiger partial charge is 0.0713 e. The fraction of sp³-hybridized carbons (Fsp3) is 0.417. The van der Waals surface area contributed by atoms with E-state index in [-0.39, 0.29) is 0 Å². The van der Waals surface area contributed by atoms with Crippen molar-refractivity contribution in [2.45, 2.75) is 24.3 Å². The Morgan fingerprint density at radius 1 is 1.38 bits per heavy atom. The molecule has 0 aromatic heterocycles. The molecule has 0 aliphatic heterocycles. The van der Waals surface area contributed by atoms with Gasteiger partial charge in [0.1, 0.15) is 0 Å². The maximum Gasteiger partial charge on any atom is 0.0713 e. The first-order valence-electron chi connectivity index (χ1n) is 5.11. The third-order valence-corrected chi connectivity index (χ3v) is 3.57. The predicted octanol–water partition coefficient (Wildman–Crippen LogP) is 2.24. The second-order valence-corrected chi connectivity index (χ2v) is 4.96. The van der Waals surface area contributed by atoms with Crippen LogP contribution in [0.25, 0.3) is 0 Å². The van der Waals surface area contributed by atoms with Crippen molar-refractivity contribution in [1.82, 2.24) is 0 Å². The summed E-state index contributed by atoms with van der Waals surface area (Å²) in [4.78, 5) is 0.817. The molecule has 3 nitrogen and oxygen atoms in total. The van der Waals surface area contributed by atoms with E-state index in [0.717, 1.165) is 10.5 Å². The van der Waals surface area contributed by atoms with Crippen LogP contribution >= 0.6 is 0 Å². The van der Waals surface area contributed by atoms with Crippen molar-refractivity contribution < 1.29 is 8.95 Å². The van der Waals surface area contributed by atoms with Crippen molar-refractivity contribution in [3.05, 3.63) is 29.8 Å². The number of hydrogen-bond acceptors (Lipinski definition) is 3. The van der Waals surface area contributed by atoms with Crippen LogP contribution in [0.5, 0.6) is 0 Å². The van der Waals surface area contributed by atoms with Gasteiger partial charge < -0.3 is 4.74 Å². The van der Waals surface area contributed by atoms with Gasteiger partial charge in [-0.25, -0.2) is 0 Å². The Morgan fingerprint density at radius 3 is 2.62 bits per heavy atom. The molecule has 0 saturated heterocycles. The summed E-state index contributed by atoms with van der Waals surface area (Å²) in [6.45, 7) is 0.571. The summed E-state index contributed by atoms with van der Waals surface area (Å²) in [5.74, 6) is 0.553. The third kappa shape index (κ3) is 4.13. The summed E-state index contributed by atoms with van der Waals surface area (Å²) in [5, 5.41) is 8.38. The van der Waals surface area contributed by atoms with Crippen LogP contribution in [0.15, 0.2) is 29.2 Å². The highest BCUT2D eigenvalue weighted by Gasteiger charge is 2.03. The van der Waals surface area contributed by atoms with Gasteiger partial charge in [0.05, 0.1) is 23.5 Å². The van der Waals surface area contributed by atoms with E-state index in [0.29, 0.717) is 25.2 Å². The molecule has 0 aliphatic rings. The number of unbranched alkanes of at least 4 members (excludes halogenated alkanes) is 1. The quantitative estimate of drug-likeness (QED) is 0.713. The van der Waals surface area contributed by atoms with Gasteiger partial charge in [-0.05, 0) is 24.1 Å². The first-order chi connectivity index (χ1) is 7.77. The lowest BCUT2D eigenvalue weighted by molar-refractivity contribution is 0.185. The summed E-state index contributed by atoms with van der Waals surface area (Å²) in [5.41, 5.74) is 1.07. The Kier molecular flexibility index (Phi) is 5.76. The fourth-order valence-corrected chi connectivity index (χ4v) is 2.39. The molecule has 1 aromatic rings. The molecule has 0 amide bonds. The molecule has 0 bridgehead atoms. The number of hydrogen-bond donors (Lipinski definition) is 0. The second kappa shape index (κ2) is 7.15. The fourth-order valence-electron chi connectivity index (χ4n) is 1.30. The van der Waals surface area contributed by atoms with Gasteiger partial charge in [0.25, 0.3) is 0 Å². The molecule has 0 radical (unpaired) electrons. The van der Waals surface area contributed by atoms with Gasteiger partial charge in [-0.3, -0.25) is 4.21 Å². The summed E-state index contributed by atoms with van der Waals surface area (Å²) in [6, 6.07) is 9.60. The van der Waals surface area contributed by atoms with Crippen LogP contribution in [0.1, 0.15) is 18.4 Å². The first kappa shape index (κ1) is 12.9. The average molecular weight is 237 g/mol. The first-order valence-corrected chi connectivity index (χ1v) is 6.43. The van der Waals surface area contributed by atoms with Gasteiger partial charge in [0.2, 0.25) is 0 Å². The number of methoxy groups -OCH3 is 1. The van der Waals surface area contributed by atoms with E-state index in [1.807, 2.05) is 30.3 Å². The van der Waals surface area contributed by atoms with Gasteiger partial charge in [0.15, 0.2) is 0 Å². The van der Waals surface area contributed by atoms with Crippen LogP contribution < -0.4 is 0 Å². The molecule has 0 aliphatic carbocycles. The normalized spacial score (nSPS) is 12.0. The summed E-state index contributed by atoms with van der Waals surface area (Å²) < 4.78 is 16.8. The molecular weight excluding hydrogens is 222 g/mol. The van der Waals surface area contributed by atoms with Crippen molar-refractivity contribution >= 4 is 10.8 Å². The molecule has 0 saturated carbocycles. The van der Waals surface area contributed by atoms with Crippen molar-refractivity contribution in [3.8, 4) is 6.07 Å². The Labute approximate surface area is 98.5 Å². The third-order valence-electron chi connectivity index (χ3n) is 2.12. The van der Waals surface area contributed by atoms with Gasteiger partial charge in [0, 0.05) is 24.2 Å². The average Bonchev–Trinajstić information content (AvgIpc) is 2.30. The summed E-state index contributed by atoms with van der Waals surface area (Å²) in [6.07, 6.45) is 1.15. The largest absolute Gasteiger partial charge is 0.380 e. The number of benzene rings is 1. The van der Waals surface area contributed by atoms with Gasteiger partial charge in [-0.2, -0.15) is 5.26 Å². The Hall–Kier alpha value is -1.18. The topological polar surface area (TPSA) is 50.1 Å². The SMILES string of the molecule is COCc1ccc([S@](=O)CCCC#N)cc1. The minimum atomic E-state index is -0.989. The van der Waals surface area contributed by atoms with Crippen LogP contribution in [0.3, 0.4) is 0 Å². The van der Waals surface area contributed by atoms with Crippen LogP contribution in [0, 0.1) is 11.3 Å². The van der Waals surface area contributed by atoms with E-state index in [2.05, 4.69) is 0 Å². The number of rotatable bonds is 6. The Bertz CT molecular complexity index is 381. The van der Waals surface area contributed by atoms with Gasteiger partial charge in [-0.1, -0.05) is 12.1 Å². The molecule has 86 valence electrons.